The molecule has 0 saturated carbocycles. The van der Waals surface area contributed by atoms with Gasteiger partial charge in [-0.25, -0.2) is 4.98 Å². The standard InChI is InChI=1S/C15H21N5O/c1-3-20(12-6-10-4-5-11(7-12)18-10)14-13-9(2)19-21-15(13)17-8-16-14/h8,10-12,18H,3-7H2,1-2H3. The lowest BCUT2D eigenvalue weighted by Gasteiger charge is -2.38. The Hall–Kier alpha value is -1.69. The van der Waals surface area contributed by atoms with Crippen LogP contribution in [0.25, 0.3) is 11.1 Å². The first-order valence-electron chi connectivity index (χ1n) is 7.86. The summed E-state index contributed by atoms with van der Waals surface area (Å²) in [4.78, 5) is 11.2. The van der Waals surface area contributed by atoms with Crippen molar-refractivity contribution in [3.63, 3.8) is 0 Å². The van der Waals surface area contributed by atoms with Crippen LogP contribution in [0.3, 0.4) is 0 Å². The monoisotopic (exact) mass is 287 g/mol. The zero-order valence-electron chi connectivity index (χ0n) is 12.5. The minimum Gasteiger partial charge on any atom is -0.353 e. The highest BCUT2D eigenvalue weighted by Gasteiger charge is 2.36. The fourth-order valence-corrected chi connectivity index (χ4v) is 3.98. The summed E-state index contributed by atoms with van der Waals surface area (Å²) in [5, 5.41) is 8.71. The number of nitrogens with zero attached hydrogens (tertiary/aromatic N) is 4. The summed E-state index contributed by atoms with van der Waals surface area (Å²) in [6, 6.07) is 1.88. The number of fused-ring (bicyclic) bond motifs is 3. The number of hydrogen-bond donors (Lipinski definition) is 1. The van der Waals surface area contributed by atoms with E-state index < -0.39 is 0 Å². The second kappa shape index (κ2) is 4.94. The molecule has 0 spiro atoms. The molecule has 6 nitrogen and oxygen atoms in total. The number of nitrogens with one attached hydrogen (secondary N) is 1. The molecule has 2 aliphatic rings. The molecule has 0 amide bonds. The predicted molar refractivity (Wildman–Crippen MR) is 80.3 cm³/mol. The molecule has 2 atom stereocenters. The Balaban J connectivity index is 1.73. The number of rotatable bonds is 3. The van der Waals surface area contributed by atoms with Crippen LogP contribution in [0, 0.1) is 6.92 Å². The van der Waals surface area contributed by atoms with Gasteiger partial charge in [-0.3, -0.25) is 0 Å². The van der Waals surface area contributed by atoms with Gasteiger partial charge in [0.15, 0.2) is 0 Å². The lowest BCUT2D eigenvalue weighted by Crippen LogP contribution is -2.48. The molecule has 112 valence electrons. The van der Waals surface area contributed by atoms with E-state index in [1.54, 1.807) is 6.33 Å². The molecule has 0 aliphatic carbocycles. The Bertz CT molecular complexity index is 643. The molecule has 2 fully saturated rings. The smallest absolute Gasteiger partial charge is 0.263 e. The molecule has 0 aromatic carbocycles. The molecule has 2 aromatic heterocycles. The van der Waals surface area contributed by atoms with E-state index in [1.807, 2.05) is 6.92 Å². The first-order chi connectivity index (χ1) is 10.3. The number of aromatic nitrogens is 3. The number of aryl methyl sites for hydroxylation is 1. The maximum Gasteiger partial charge on any atom is 0.263 e. The van der Waals surface area contributed by atoms with Crippen LogP contribution in [0.1, 0.15) is 38.3 Å². The summed E-state index contributed by atoms with van der Waals surface area (Å²) in [5.74, 6) is 0.979. The first kappa shape index (κ1) is 13.0. The van der Waals surface area contributed by atoms with Crippen LogP contribution in [0.4, 0.5) is 5.82 Å². The maximum absolute atomic E-state index is 5.29. The van der Waals surface area contributed by atoms with Crippen molar-refractivity contribution in [2.24, 2.45) is 0 Å². The van der Waals surface area contributed by atoms with E-state index in [-0.39, 0.29) is 0 Å². The van der Waals surface area contributed by atoms with Crippen LogP contribution in [0.5, 0.6) is 0 Å². The van der Waals surface area contributed by atoms with Crippen LogP contribution in [-0.2, 0) is 0 Å². The van der Waals surface area contributed by atoms with Gasteiger partial charge >= 0.3 is 0 Å². The Kier molecular flexibility index (Phi) is 3.06. The highest BCUT2D eigenvalue weighted by Crippen LogP contribution is 2.34. The lowest BCUT2D eigenvalue weighted by atomic mass is 9.98. The third-order valence-corrected chi connectivity index (χ3v) is 4.93. The molecule has 2 saturated heterocycles. The van der Waals surface area contributed by atoms with Gasteiger partial charge in [0.05, 0.1) is 5.69 Å². The Labute approximate surface area is 123 Å². The fraction of sp³-hybridized carbons (Fsp3) is 0.667. The van der Waals surface area contributed by atoms with Crippen molar-refractivity contribution < 1.29 is 4.52 Å². The molecule has 2 aromatic rings. The second-order valence-corrected chi connectivity index (χ2v) is 6.19. The van der Waals surface area contributed by atoms with Gasteiger partial charge < -0.3 is 14.7 Å². The summed E-state index contributed by atoms with van der Waals surface area (Å²) in [5.41, 5.74) is 1.46. The van der Waals surface area contributed by atoms with E-state index >= 15 is 0 Å². The molecule has 0 radical (unpaired) electrons. The van der Waals surface area contributed by atoms with Gasteiger partial charge in [0.2, 0.25) is 0 Å². The van der Waals surface area contributed by atoms with Crippen LogP contribution in [0.15, 0.2) is 10.9 Å². The van der Waals surface area contributed by atoms with Gasteiger partial charge in [0.1, 0.15) is 17.5 Å². The van der Waals surface area contributed by atoms with Crippen LogP contribution >= 0.6 is 0 Å². The maximum atomic E-state index is 5.29. The van der Waals surface area contributed by atoms with Crippen molar-refractivity contribution in [2.45, 2.75) is 57.7 Å². The molecule has 1 N–H and O–H groups in total. The van der Waals surface area contributed by atoms with Crippen molar-refractivity contribution >= 4 is 16.9 Å². The van der Waals surface area contributed by atoms with E-state index in [4.69, 9.17) is 4.52 Å². The van der Waals surface area contributed by atoms with E-state index in [0.29, 0.717) is 23.8 Å². The quantitative estimate of drug-likeness (QED) is 0.931. The van der Waals surface area contributed by atoms with Gasteiger partial charge in [0.25, 0.3) is 5.71 Å². The Morgan fingerprint density at radius 2 is 2.05 bits per heavy atom. The molecule has 4 heterocycles. The van der Waals surface area contributed by atoms with Crippen molar-refractivity contribution in [3.05, 3.63) is 12.0 Å². The third kappa shape index (κ3) is 2.09. The highest BCUT2D eigenvalue weighted by molar-refractivity contribution is 5.88. The van der Waals surface area contributed by atoms with Gasteiger partial charge in [-0.2, -0.15) is 4.98 Å². The first-order valence-corrected chi connectivity index (χ1v) is 7.86. The van der Waals surface area contributed by atoms with Gasteiger partial charge in [0, 0.05) is 24.7 Å². The molecule has 21 heavy (non-hydrogen) atoms. The Morgan fingerprint density at radius 1 is 1.29 bits per heavy atom. The summed E-state index contributed by atoms with van der Waals surface area (Å²) < 4.78 is 5.29. The molecular weight excluding hydrogens is 266 g/mol. The molecule has 2 bridgehead atoms. The largest absolute Gasteiger partial charge is 0.353 e. The lowest BCUT2D eigenvalue weighted by molar-refractivity contribution is 0.348. The zero-order chi connectivity index (χ0) is 14.4. The Morgan fingerprint density at radius 3 is 2.76 bits per heavy atom. The van der Waals surface area contributed by atoms with Gasteiger partial charge in [-0.1, -0.05) is 5.16 Å². The third-order valence-electron chi connectivity index (χ3n) is 4.93. The van der Waals surface area contributed by atoms with Crippen molar-refractivity contribution in [1.82, 2.24) is 20.4 Å². The molecule has 2 unspecified atom stereocenters. The fourth-order valence-electron chi connectivity index (χ4n) is 3.98. The molecule has 4 rings (SSSR count). The summed E-state index contributed by atoms with van der Waals surface area (Å²) >= 11 is 0. The average molecular weight is 287 g/mol. The van der Waals surface area contributed by atoms with Crippen molar-refractivity contribution in [2.75, 3.05) is 11.4 Å². The van der Waals surface area contributed by atoms with Gasteiger partial charge in [-0.05, 0) is 39.5 Å². The summed E-state index contributed by atoms with van der Waals surface area (Å²) in [6.45, 7) is 5.10. The van der Waals surface area contributed by atoms with E-state index in [9.17, 15) is 0 Å². The normalized spacial score (nSPS) is 28.2. The SMILES string of the molecule is CCN(c1ncnc2onc(C)c12)C1CC2CCC(C1)N2. The van der Waals surface area contributed by atoms with E-state index in [2.05, 4.69) is 32.3 Å². The minimum absolute atomic E-state index is 0.543. The zero-order valence-corrected chi connectivity index (χ0v) is 12.5. The number of piperidine rings is 1. The average Bonchev–Trinajstić information content (AvgIpc) is 3.04. The second-order valence-electron chi connectivity index (χ2n) is 6.19. The number of hydrogen-bond acceptors (Lipinski definition) is 6. The van der Waals surface area contributed by atoms with Crippen LogP contribution in [0.2, 0.25) is 0 Å². The van der Waals surface area contributed by atoms with Crippen molar-refractivity contribution in [3.8, 4) is 0 Å². The molecule has 6 heteroatoms. The summed E-state index contributed by atoms with van der Waals surface area (Å²) in [7, 11) is 0. The highest BCUT2D eigenvalue weighted by atomic mass is 16.5. The van der Waals surface area contributed by atoms with Crippen molar-refractivity contribution in [1.29, 1.82) is 0 Å². The van der Waals surface area contributed by atoms with E-state index in [1.165, 1.54) is 25.7 Å². The van der Waals surface area contributed by atoms with E-state index in [0.717, 1.165) is 23.4 Å². The van der Waals surface area contributed by atoms with Crippen LogP contribution < -0.4 is 10.2 Å². The topological polar surface area (TPSA) is 67.1 Å². The molecular formula is C15H21N5O. The predicted octanol–water partition coefficient (Wildman–Crippen LogP) is 2.04. The van der Waals surface area contributed by atoms with Crippen LogP contribution in [-0.4, -0.2) is 39.8 Å². The molecule has 2 aliphatic heterocycles. The number of anilines is 1. The summed E-state index contributed by atoms with van der Waals surface area (Å²) in [6.07, 6.45) is 6.59. The minimum atomic E-state index is 0.543. The van der Waals surface area contributed by atoms with Gasteiger partial charge in [-0.15, -0.1) is 0 Å².